The van der Waals surface area contributed by atoms with Crippen molar-refractivity contribution in [2.24, 2.45) is 0 Å². The molecule has 1 aliphatic rings. The minimum absolute atomic E-state index is 0.136. The summed E-state index contributed by atoms with van der Waals surface area (Å²) in [6.07, 6.45) is 1.81. The molecule has 5 heteroatoms. The van der Waals surface area contributed by atoms with Gasteiger partial charge in [-0.1, -0.05) is 15.9 Å². The second-order valence-corrected chi connectivity index (χ2v) is 3.50. The van der Waals surface area contributed by atoms with Crippen LogP contribution in [0.15, 0.2) is 22.5 Å². The average Bonchev–Trinajstić information content (AvgIpc) is 1.81. The molecule has 11 heavy (non-hydrogen) atoms. The number of halogens is 4. The van der Waals surface area contributed by atoms with Crippen molar-refractivity contribution in [1.82, 2.24) is 0 Å². The maximum atomic E-state index is 12.8. The summed E-state index contributed by atoms with van der Waals surface area (Å²) in [5.41, 5.74) is 0. The molecule has 0 saturated heterocycles. The zero-order valence-electron chi connectivity index (χ0n) is 5.19. The van der Waals surface area contributed by atoms with E-state index >= 15 is 0 Å². The molecule has 0 aromatic rings. The van der Waals surface area contributed by atoms with Gasteiger partial charge in [0.25, 0.3) is 0 Å². The van der Waals surface area contributed by atoms with Gasteiger partial charge in [-0.15, -0.1) is 11.6 Å². The SMILES string of the molecule is OC1(F)C=C(Br)C=C(F)C1Cl. The first kappa shape index (κ1) is 9.16. The van der Waals surface area contributed by atoms with E-state index in [-0.39, 0.29) is 4.48 Å². The second-order valence-electron chi connectivity index (χ2n) is 2.15. The van der Waals surface area contributed by atoms with Crippen molar-refractivity contribution in [2.45, 2.75) is 11.2 Å². The van der Waals surface area contributed by atoms with Gasteiger partial charge in [-0.05, 0) is 12.2 Å². The first-order valence-electron chi connectivity index (χ1n) is 2.74. The number of rotatable bonds is 0. The normalized spacial score (nSPS) is 38.1. The van der Waals surface area contributed by atoms with Crippen LogP contribution in [0.1, 0.15) is 0 Å². The standard InChI is InChI=1S/C6H4BrClF2O/c7-3-1-4(9)5(8)6(10,11)2-3/h1-2,5,11H. The molecule has 0 saturated carbocycles. The van der Waals surface area contributed by atoms with Crippen LogP contribution in [0, 0.1) is 0 Å². The van der Waals surface area contributed by atoms with Crippen LogP contribution in [0.25, 0.3) is 0 Å². The van der Waals surface area contributed by atoms with Gasteiger partial charge in [-0.3, -0.25) is 0 Å². The molecular formula is C6H4BrClF2O. The minimum atomic E-state index is -2.81. The van der Waals surface area contributed by atoms with Crippen LogP contribution in [0.3, 0.4) is 0 Å². The van der Waals surface area contributed by atoms with E-state index in [2.05, 4.69) is 15.9 Å². The van der Waals surface area contributed by atoms with E-state index < -0.39 is 17.1 Å². The Balaban J connectivity index is 3.01. The highest BCUT2D eigenvalue weighted by Crippen LogP contribution is 2.34. The Morgan fingerprint density at radius 1 is 1.73 bits per heavy atom. The molecule has 62 valence electrons. The fourth-order valence-corrected chi connectivity index (χ4v) is 1.37. The van der Waals surface area contributed by atoms with Gasteiger partial charge >= 0.3 is 0 Å². The molecule has 0 aromatic carbocycles. The Labute approximate surface area is 75.5 Å². The molecule has 2 unspecified atom stereocenters. The van der Waals surface area contributed by atoms with Gasteiger partial charge in [-0.2, -0.15) is 0 Å². The quantitative estimate of drug-likeness (QED) is 0.650. The van der Waals surface area contributed by atoms with Gasteiger partial charge in [0.15, 0.2) is 0 Å². The fourth-order valence-electron chi connectivity index (χ4n) is 0.707. The van der Waals surface area contributed by atoms with E-state index in [1.807, 2.05) is 0 Å². The third-order valence-corrected chi connectivity index (χ3v) is 2.19. The molecule has 0 heterocycles. The molecule has 0 bridgehead atoms. The Morgan fingerprint density at radius 2 is 2.27 bits per heavy atom. The summed E-state index contributed by atoms with van der Waals surface area (Å²) >= 11 is 8.01. The summed E-state index contributed by atoms with van der Waals surface area (Å²) in [6, 6.07) is 0. The van der Waals surface area contributed by atoms with Crippen molar-refractivity contribution >= 4 is 27.5 Å². The monoisotopic (exact) mass is 244 g/mol. The second kappa shape index (κ2) is 2.84. The minimum Gasteiger partial charge on any atom is -0.357 e. The zero-order valence-corrected chi connectivity index (χ0v) is 7.53. The fraction of sp³-hybridized carbons (Fsp3) is 0.333. The van der Waals surface area contributed by atoms with Gasteiger partial charge in [0.05, 0.1) is 0 Å². The summed E-state index contributed by atoms with van der Waals surface area (Å²) in [6.45, 7) is 0. The number of hydrogen-bond acceptors (Lipinski definition) is 1. The average molecular weight is 245 g/mol. The lowest BCUT2D eigenvalue weighted by molar-refractivity contribution is -0.0415. The molecule has 1 nitrogen and oxygen atoms in total. The number of aliphatic hydroxyl groups is 1. The number of allylic oxidation sites excluding steroid dienone is 2. The molecule has 1 N–H and O–H groups in total. The first-order valence-corrected chi connectivity index (χ1v) is 3.97. The molecule has 1 rings (SSSR count). The molecule has 0 aliphatic heterocycles. The lowest BCUT2D eigenvalue weighted by Crippen LogP contribution is -2.34. The predicted molar refractivity (Wildman–Crippen MR) is 41.9 cm³/mol. The van der Waals surface area contributed by atoms with Crippen molar-refractivity contribution in [3.63, 3.8) is 0 Å². The van der Waals surface area contributed by atoms with Gasteiger partial charge < -0.3 is 5.11 Å². The van der Waals surface area contributed by atoms with Crippen molar-refractivity contribution in [2.75, 3.05) is 0 Å². The van der Waals surface area contributed by atoms with E-state index in [4.69, 9.17) is 16.7 Å². The maximum absolute atomic E-state index is 12.8. The summed E-state index contributed by atoms with van der Waals surface area (Å²) in [4.78, 5) is 0. The highest BCUT2D eigenvalue weighted by atomic mass is 79.9. The zero-order chi connectivity index (χ0) is 8.65. The summed E-state index contributed by atoms with van der Waals surface area (Å²) < 4.78 is 25.5. The smallest absolute Gasteiger partial charge is 0.250 e. The van der Waals surface area contributed by atoms with Gasteiger partial charge in [0, 0.05) is 4.48 Å². The molecule has 0 fully saturated rings. The van der Waals surface area contributed by atoms with Crippen LogP contribution in [0.5, 0.6) is 0 Å². The topological polar surface area (TPSA) is 20.2 Å². The Hall–Kier alpha value is 0.0700. The van der Waals surface area contributed by atoms with E-state index in [9.17, 15) is 8.78 Å². The van der Waals surface area contributed by atoms with Crippen LogP contribution < -0.4 is 0 Å². The Kier molecular flexibility index (Phi) is 2.37. The highest BCUT2D eigenvalue weighted by Gasteiger charge is 2.39. The largest absolute Gasteiger partial charge is 0.357 e. The van der Waals surface area contributed by atoms with Crippen LogP contribution in [-0.4, -0.2) is 16.3 Å². The Bertz CT molecular complexity index is 237. The summed E-state index contributed by atoms with van der Waals surface area (Å²) in [5, 5.41) is 7.15. The Morgan fingerprint density at radius 3 is 2.73 bits per heavy atom. The molecule has 0 radical (unpaired) electrons. The van der Waals surface area contributed by atoms with Crippen molar-refractivity contribution in [3.8, 4) is 0 Å². The molecule has 1 aliphatic carbocycles. The van der Waals surface area contributed by atoms with Crippen LogP contribution >= 0.6 is 27.5 Å². The summed E-state index contributed by atoms with van der Waals surface area (Å²) in [7, 11) is 0. The van der Waals surface area contributed by atoms with Gasteiger partial charge in [0.2, 0.25) is 5.85 Å². The van der Waals surface area contributed by atoms with Crippen LogP contribution in [0.2, 0.25) is 0 Å². The van der Waals surface area contributed by atoms with E-state index in [1.54, 1.807) is 0 Å². The lowest BCUT2D eigenvalue weighted by atomic mass is 10.1. The molecule has 0 aromatic heterocycles. The number of alkyl halides is 2. The third-order valence-electron chi connectivity index (χ3n) is 1.21. The van der Waals surface area contributed by atoms with E-state index in [0.717, 1.165) is 12.2 Å². The third kappa shape index (κ3) is 1.80. The highest BCUT2D eigenvalue weighted by molar-refractivity contribution is 9.11. The molecule has 2 atom stereocenters. The predicted octanol–water partition coefficient (Wildman–Crippen LogP) is 2.40. The van der Waals surface area contributed by atoms with Crippen LogP contribution in [0.4, 0.5) is 8.78 Å². The van der Waals surface area contributed by atoms with Crippen molar-refractivity contribution in [1.29, 1.82) is 0 Å². The molecule has 0 spiro atoms. The van der Waals surface area contributed by atoms with Gasteiger partial charge in [-0.25, -0.2) is 8.78 Å². The van der Waals surface area contributed by atoms with Crippen molar-refractivity contribution < 1.29 is 13.9 Å². The molecular weight excluding hydrogens is 241 g/mol. The van der Waals surface area contributed by atoms with Gasteiger partial charge in [0.1, 0.15) is 11.2 Å². The number of hydrogen-bond donors (Lipinski definition) is 1. The first-order chi connectivity index (χ1) is 4.93. The van der Waals surface area contributed by atoms with E-state index in [0.29, 0.717) is 0 Å². The van der Waals surface area contributed by atoms with Crippen LogP contribution in [-0.2, 0) is 0 Å². The lowest BCUT2D eigenvalue weighted by Gasteiger charge is -2.22. The maximum Gasteiger partial charge on any atom is 0.250 e. The summed E-state index contributed by atoms with van der Waals surface area (Å²) in [5.74, 6) is -3.70. The molecule has 0 amide bonds. The van der Waals surface area contributed by atoms with E-state index in [1.165, 1.54) is 0 Å². The van der Waals surface area contributed by atoms with Crippen molar-refractivity contribution in [3.05, 3.63) is 22.5 Å².